The van der Waals surface area contributed by atoms with Crippen LogP contribution in [0, 0.1) is 0 Å². The minimum absolute atomic E-state index is 0.290. The van der Waals surface area contributed by atoms with Crippen molar-refractivity contribution in [1.82, 2.24) is 9.97 Å². The zero-order valence-corrected chi connectivity index (χ0v) is 10.9. The third kappa shape index (κ3) is 2.96. The Morgan fingerprint density at radius 2 is 2.11 bits per heavy atom. The molecule has 1 unspecified atom stereocenters. The smallest absolute Gasteiger partial charge is 0.137 e. The summed E-state index contributed by atoms with van der Waals surface area (Å²) in [6, 6.07) is 8.30. The molecular weight excluding hydrogens is 226 g/mol. The van der Waals surface area contributed by atoms with Crippen molar-refractivity contribution >= 4 is 16.7 Å². The van der Waals surface area contributed by atoms with E-state index in [9.17, 15) is 0 Å². The van der Waals surface area contributed by atoms with Gasteiger partial charge < -0.3 is 10.1 Å². The molecule has 0 amide bonds. The van der Waals surface area contributed by atoms with Crippen LogP contribution in [0.2, 0.25) is 0 Å². The Morgan fingerprint density at radius 3 is 2.89 bits per heavy atom. The van der Waals surface area contributed by atoms with Crippen LogP contribution in [0.4, 0.5) is 5.82 Å². The van der Waals surface area contributed by atoms with Gasteiger partial charge in [0.25, 0.3) is 0 Å². The van der Waals surface area contributed by atoms with E-state index in [1.165, 1.54) is 0 Å². The summed E-state index contributed by atoms with van der Waals surface area (Å²) in [5.41, 5.74) is 0.961. The van der Waals surface area contributed by atoms with Gasteiger partial charge >= 0.3 is 0 Å². The summed E-state index contributed by atoms with van der Waals surface area (Å²) in [7, 11) is 1.72. The van der Waals surface area contributed by atoms with Crippen LogP contribution in [0.25, 0.3) is 10.9 Å². The van der Waals surface area contributed by atoms with Gasteiger partial charge in [0.05, 0.1) is 18.2 Å². The van der Waals surface area contributed by atoms with Crippen molar-refractivity contribution in [1.29, 1.82) is 0 Å². The Bertz CT molecular complexity index is 490. The fourth-order valence-corrected chi connectivity index (χ4v) is 2.06. The molecule has 0 spiro atoms. The van der Waals surface area contributed by atoms with Gasteiger partial charge in [-0.2, -0.15) is 0 Å². The number of hydrogen-bond acceptors (Lipinski definition) is 4. The van der Waals surface area contributed by atoms with Crippen LogP contribution < -0.4 is 5.32 Å². The topological polar surface area (TPSA) is 47.0 Å². The molecule has 1 aromatic heterocycles. The van der Waals surface area contributed by atoms with Crippen molar-refractivity contribution in [2.45, 2.75) is 25.8 Å². The molecular formula is C14H19N3O. The normalized spacial score (nSPS) is 12.6. The fraction of sp³-hybridized carbons (Fsp3) is 0.429. The summed E-state index contributed by atoms with van der Waals surface area (Å²) in [4.78, 5) is 8.59. The van der Waals surface area contributed by atoms with E-state index in [1.807, 2.05) is 24.3 Å². The predicted molar refractivity (Wildman–Crippen MR) is 73.7 cm³/mol. The number of rotatable bonds is 6. The van der Waals surface area contributed by atoms with Gasteiger partial charge in [-0.1, -0.05) is 25.5 Å². The van der Waals surface area contributed by atoms with Gasteiger partial charge in [0.15, 0.2) is 0 Å². The highest BCUT2D eigenvalue weighted by molar-refractivity contribution is 5.88. The average molecular weight is 245 g/mol. The molecule has 0 aliphatic heterocycles. The largest absolute Gasteiger partial charge is 0.383 e. The van der Waals surface area contributed by atoms with E-state index >= 15 is 0 Å². The molecule has 0 saturated heterocycles. The Hall–Kier alpha value is -1.68. The number of aromatic nitrogens is 2. The summed E-state index contributed by atoms with van der Waals surface area (Å²) in [6.45, 7) is 2.86. The van der Waals surface area contributed by atoms with E-state index in [-0.39, 0.29) is 0 Å². The van der Waals surface area contributed by atoms with Crippen LogP contribution >= 0.6 is 0 Å². The van der Waals surface area contributed by atoms with Crippen molar-refractivity contribution in [3.05, 3.63) is 30.6 Å². The first-order valence-electron chi connectivity index (χ1n) is 6.30. The Balaban J connectivity index is 2.24. The van der Waals surface area contributed by atoms with E-state index in [0.29, 0.717) is 12.6 Å². The second-order valence-electron chi connectivity index (χ2n) is 4.32. The van der Waals surface area contributed by atoms with Crippen LogP contribution in [0.5, 0.6) is 0 Å². The van der Waals surface area contributed by atoms with E-state index in [4.69, 9.17) is 4.74 Å². The summed E-state index contributed by atoms with van der Waals surface area (Å²) in [5.74, 6) is 0.885. The molecule has 0 aliphatic rings. The summed E-state index contributed by atoms with van der Waals surface area (Å²) in [5, 5.41) is 4.50. The van der Waals surface area contributed by atoms with Crippen molar-refractivity contribution in [2.24, 2.45) is 0 Å². The van der Waals surface area contributed by atoms with Crippen molar-refractivity contribution < 1.29 is 4.74 Å². The molecule has 0 aliphatic carbocycles. The monoisotopic (exact) mass is 245 g/mol. The van der Waals surface area contributed by atoms with Gasteiger partial charge in [0, 0.05) is 12.5 Å². The number of benzene rings is 1. The lowest BCUT2D eigenvalue weighted by Crippen LogP contribution is -2.25. The predicted octanol–water partition coefficient (Wildman–Crippen LogP) is 2.86. The lowest BCUT2D eigenvalue weighted by molar-refractivity contribution is 0.182. The quantitative estimate of drug-likeness (QED) is 0.850. The first kappa shape index (κ1) is 12.8. The maximum atomic E-state index is 5.23. The van der Waals surface area contributed by atoms with Crippen LogP contribution in [-0.4, -0.2) is 29.7 Å². The first-order chi connectivity index (χ1) is 8.85. The molecule has 0 saturated carbocycles. The summed E-state index contributed by atoms with van der Waals surface area (Å²) in [6.07, 6.45) is 3.77. The minimum atomic E-state index is 0.290. The molecule has 0 bridgehead atoms. The number of para-hydroxylation sites is 1. The van der Waals surface area contributed by atoms with Crippen LogP contribution in [-0.2, 0) is 4.74 Å². The molecule has 1 aromatic carbocycles. The van der Waals surface area contributed by atoms with Gasteiger partial charge in [-0.25, -0.2) is 9.97 Å². The molecule has 4 nitrogen and oxygen atoms in total. The Labute approximate surface area is 107 Å². The Kier molecular flexibility index (Phi) is 4.47. The molecule has 1 N–H and O–H groups in total. The molecule has 18 heavy (non-hydrogen) atoms. The number of nitrogens with zero attached hydrogens (tertiary/aromatic N) is 2. The number of anilines is 1. The van der Waals surface area contributed by atoms with Crippen LogP contribution in [0.1, 0.15) is 19.8 Å². The SMILES string of the molecule is CCCC(COC)Nc1ncnc2ccccc12. The highest BCUT2D eigenvalue weighted by Gasteiger charge is 2.10. The number of methoxy groups -OCH3 is 1. The standard InChI is InChI=1S/C14H19N3O/c1-3-6-11(9-18-2)17-14-12-7-4-5-8-13(12)15-10-16-14/h4-5,7-8,10-11H,3,6,9H2,1-2H3,(H,15,16,17). The summed E-state index contributed by atoms with van der Waals surface area (Å²) < 4.78 is 5.23. The molecule has 2 rings (SSSR count). The molecule has 0 fully saturated rings. The number of hydrogen-bond donors (Lipinski definition) is 1. The molecule has 4 heteroatoms. The molecule has 1 heterocycles. The van der Waals surface area contributed by atoms with Gasteiger partial charge in [-0.05, 0) is 18.6 Å². The van der Waals surface area contributed by atoms with Gasteiger partial charge in [0.1, 0.15) is 12.1 Å². The first-order valence-corrected chi connectivity index (χ1v) is 6.30. The second kappa shape index (κ2) is 6.31. The number of fused-ring (bicyclic) bond motifs is 1. The maximum absolute atomic E-state index is 5.23. The number of nitrogens with one attached hydrogen (secondary N) is 1. The van der Waals surface area contributed by atoms with E-state index < -0.39 is 0 Å². The maximum Gasteiger partial charge on any atom is 0.137 e. The zero-order valence-electron chi connectivity index (χ0n) is 10.9. The molecule has 1 atom stereocenters. The lowest BCUT2D eigenvalue weighted by atomic mass is 10.1. The highest BCUT2D eigenvalue weighted by Crippen LogP contribution is 2.19. The third-order valence-corrected chi connectivity index (χ3v) is 2.89. The lowest BCUT2D eigenvalue weighted by Gasteiger charge is -2.18. The number of ether oxygens (including phenoxy) is 1. The molecule has 2 aromatic rings. The van der Waals surface area contributed by atoms with Crippen molar-refractivity contribution in [2.75, 3.05) is 19.0 Å². The van der Waals surface area contributed by atoms with Gasteiger partial charge in [-0.3, -0.25) is 0 Å². The third-order valence-electron chi connectivity index (χ3n) is 2.89. The van der Waals surface area contributed by atoms with Gasteiger partial charge in [-0.15, -0.1) is 0 Å². The van der Waals surface area contributed by atoms with E-state index in [1.54, 1.807) is 13.4 Å². The fourth-order valence-electron chi connectivity index (χ4n) is 2.06. The average Bonchev–Trinajstić information content (AvgIpc) is 2.40. The van der Waals surface area contributed by atoms with E-state index in [0.717, 1.165) is 29.6 Å². The minimum Gasteiger partial charge on any atom is -0.383 e. The highest BCUT2D eigenvalue weighted by atomic mass is 16.5. The van der Waals surface area contributed by atoms with Crippen molar-refractivity contribution in [3.63, 3.8) is 0 Å². The molecule has 96 valence electrons. The second-order valence-corrected chi connectivity index (χ2v) is 4.32. The van der Waals surface area contributed by atoms with E-state index in [2.05, 4.69) is 22.2 Å². The molecule has 0 radical (unpaired) electrons. The van der Waals surface area contributed by atoms with Crippen LogP contribution in [0.15, 0.2) is 30.6 Å². The summed E-state index contributed by atoms with van der Waals surface area (Å²) >= 11 is 0. The van der Waals surface area contributed by atoms with Crippen LogP contribution in [0.3, 0.4) is 0 Å². The Morgan fingerprint density at radius 1 is 1.28 bits per heavy atom. The van der Waals surface area contributed by atoms with Gasteiger partial charge in [0.2, 0.25) is 0 Å². The zero-order chi connectivity index (χ0) is 12.8. The van der Waals surface area contributed by atoms with Crippen molar-refractivity contribution in [3.8, 4) is 0 Å².